The van der Waals surface area contributed by atoms with Crippen LogP contribution in [0.15, 0.2) is 29.4 Å². The highest BCUT2D eigenvalue weighted by Crippen LogP contribution is 2.35. The quantitative estimate of drug-likeness (QED) is 0.613. The van der Waals surface area contributed by atoms with Gasteiger partial charge in [-0.1, -0.05) is 6.92 Å². The normalized spacial score (nSPS) is 23.0. The number of rotatable bonds is 4. The lowest BCUT2D eigenvalue weighted by Crippen LogP contribution is -2.33. The lowest BCUT2D eigenvalue weighted by atomic mass is 10.0. The SMILES string of the molecule is CCc1nnc2ccc(N3CC4CN(S(=O)(=O)c5cnn(C)c5)CC4C3)nn12. The van der Waals surface area contributed by atoms with E-state index >= 15 is 0 Å². The first-order valence-corrected chi connectivity index (χ1v) is 10.8. The molecule has 5 rings (SSSR count). The number of sulfonamides is 1. The van der Waals surface area contributed by atoms with Crippen LogP contribution in [0.3, 0.4) is 0 Å². The van der Waals surface area contributed by atoms with Crippen LogP contribution in [0.5, 0.6) is 0 Å². The number of anilines is 1. The molecule has 10 nitrogen and oxygen atoms in total. The van der Waals surface area contributed by atoms with Crippen molar-refractivity contribution >= 4 is 21.5 Å². The van der Waals surface area contributed by atoms with Crippen molar-refractivity contribution in [1.82, 2.24) is 33.9 Å². The summed E-state index contributed by atoms with van der Waals surface area (Å²) < 4.78 is 30.6. The highest BCUT2D eigenvalue weighted by Gasteiger charge is 2.45. The molecule has 3 aromatic heterocycles. The molecule has 0 N–H and O–H groups in total. The second-order valence-corrected chi connectivity index (χ2v) is 9.47. The van der Waals surface area contributed by atoms with Gasteiger partial charge in [0.25, 0.3) is 0 Å². The molecule has 11 heteroatoms. The van der Waals surface area contributed by atoms with E-state index in [1.54, 1.807) is 22.1 Å². The Labute approximate surface area is 162 Å². The van der Waals surface area contributed by atoms with Gasteiger partial charge in [0.15, 0.2) is 11.5 Å². The fourth-order valence-electron chi connectivity index (χ4n) is 4.23. The Morgan fingerprint density at radius 2 is 1.86 bits per heavy atom. The molecule has 0 aliphatic carbocycles. The van der Waals surface area contributed by atoms with Gasteiger partial charge in [-0.2, -0.15) is 13.9 Å². The van der Waals surface area contributed by atoms with Gasteiger partial charge >= 0.3 is 0 Å². The minimum atomic E-state index is -3.48. The van der Waals surface area contributed by atoms with Crippen LogP contribution in [0.4, 0.5) is 5.82 Å². The first-order chi connectivity index (χ1) is 13.5. The molecule has 5 heterocycles. The molecule has 2 atom stereocenters. The molecule has 0 spiro atoms. The average molecular weight is 402 g/mol. The maximum atomic E-state index is 12.8. The van der Waals surface area contributed by atoms with E-state index in [0.29, 0.717) is 24.9 Å². The predicted molar refractivity (Wildman–Crippen MR) is 101 cm³/mol. The number of hydrogen-bond donors (Lipinski definition) is 0. The maximum absolute atomic E-state index is 12.8. The third-order valence-electron chi connectivity index (χ3n) is 5.73. The Balaban J connectivity index is 1.33. The van der Waals surface area contributed by atoms with E-state index in [9.17, 15) is 8.42 Å². The Kier molecular flexibility index (Phi) is 3.91. The van der Waals surface area contributed by atoms with Crippen LogP contribution >= 0.6 is 0 Å². The molecule has 0 aromatic carbocycles. The van der Waals surface area contributed by atoms with Crippen molar-refractivity contribution in [1.29, 1.82) is 0 Å². The molecule has 0 bridgehead atoms. The van der Waals surface area contributed by atoms with Crippen LogP contribution in [0.2, 0.25) is 0 Å². The van der Waals surface area contributed by atoms with E-state index in [1.807, 2.05) is 19.1 Å². The third-order valence-corrected chi connectivity index (χ3v) is 7.51. The summed E-state index contributed by atoms with van der Waals surface area (Å²) >= 11 is 0. The molecular formula is C17H22N8O2S. The van der Waals surface area contributed by atoms with E-state index in [-0.39, 0.29) is 4.90 Å². The van der Waals surface area contributed by atoms with Crippen molar-refractivity contribution in [2.45, 2.75) is 18.2 Å². The van der Waals surface area contributed by atoms with Gasteiger partial charge in [0.1, 0.15) is 10.7 Å². The number of fused-ring (bicyclic) bond motifs is 2. The first kappa shape index (κ1) is 17.6. The summed E-state index contributed by atoms with van der Waals surface area (Å²) in [7, 11) is -1.76. The molecule has 2 fully saturated rings. The minimum Gasteiger partial charge on any atom is -0.355 e. The summed E-state index contributed by atoms with van der Waals surface area (Å²) in [5.41, 5.74) is 0.744. The Bertz CT molecular complexity index is 1120. The maximum Gasteiger partial charge on any atom is 0.246 e. The lowest BCUT2D eigenvalue weighted by Gasteiger charge is -2.21. The molecule has 0 amide bonds. The largest absolute Gasteiger partial charge is 0.355 e. The topological polar surface area (TPSA) is 102 Å². The van der Waals surface area contributed by atoms with Crippen LogP contribution in [-0.4, -0.2) is 68.5 Å². The van der Waals surface area contributed by atoms with Gasteiger partial charge < -0.3 is 4.90 Å². The predicted octanol–water partition coefficient (Wildman–Crippen LogP) is 0.177. The number of aryl methyl sites for hydroxylation is 2. The van der Waals surface area contributed by atoms with E-state index in [0.717, 1.165) is 36.8 Å². The number of nitrogens with zero attached hydrogens (tertiary/aromatic N) is 8. The average Bonchev–Trinajstić information content (AvgIpc) is 3.42. The summed E-state index contributed by atoms with van der Waals surface area (Å²) in [5.74, 6) is 2.33. The molecular weight excluding hydrogens is 380 g/mol. The van der Waals surface area contributed by atoms with Crippen molar-refractivity contribution in [2.75, 3.05) is 31.1 Å². The molecule has 2 unspecified atom stereocenters. The molecule has 2 aliphatic heterocycles. The minimum absolute atomic E-state index is 0.263. The monoisotopic (exact) mass is 402 g/mol. The van der Waals surface area contributed by atoms with Crippen molar-refractivity contribution in [2.24, 2.45) is 18.9 Å². The van der Waals surface area contributed by atoms with Crippen molar-refractivity contribution in [3.05, 3.63) is 30.4 Å². The van der Waals surface area contributed by atoms with E-state index in [4.69, 9.17) is 5.10 Å². The Hall–Kier alpha value is -2.53. The highest BCUT2D eigenvalue weighted by atomic mass is 32.2. The summed E-state index contributed by atoms with van der Waals surface area (Å²) in [4.78, 5) is 2.50. The molecule has 3 aromatic rings. The smallest absolute Gasteiger partial charge is 0.246 e. The van der Waals surface area contributed by atoms with Crippen LogP contribution in [0.25, 0.3) is 5.65 Å². The zero-order valence-electron chi connectivity index (χ0n) is 15.8. The van der Waals surface area contributed by atoms with Gasteiger partial charge in [0.2, 0.25) is 10.0 Å². The van der Waals surface area contributed by atoms with E-state index in [2.05, 4.69) is 20.2 Å². The van der Waals surface area contributed by atoms with Gasteiger partial charge in [-0.15, -0.1) is 15.3 Å². The van der Waals surface area contributed by atoms with Gasteiger partial charge in [-0.3, -0.25) is 4.68 Å². The van der Waals surface area contributed by atoms with Gasteiger partial charge in [0, 0.05) is 45.8 Å². The van der Waals surface area contributed by atoms with Gasteiger partial charge in [-0.25, -0.2) is 8.42 Å². The molecule has 2 saturated heterocycles. The number of hydrogen-bond acceptors (Lipinski definition) is 7. The molecule has 148 valence electrons. The van der Waals surface area contributed by atoms with Gasteiger partial charge in [0.05, 0.1) is 6.20 Å². The third kappa shape index (κ3) is 2.68. The van der Waals surface area contributed by atoms with Crippen LogP contribution in [0, 0.1) is 11.8 Å². The summed E-state index contributed by atoms with van der Waals surface area (Å²) in [6.07, 6.45) is 3.74. The molecule has 0 saturated carbocycles. The highest BCUT2D eigenvalue weighted by molar-refractivity contribution is 7.89. The zero-order chi connectivity index (χ0) is 19.5. The van der Waals surface area contributed by atoms with Gasteiger partial charge in [-0.05, 0) is 24.0 Å². The summed E-state index contributed by atoms with van der Waals surface area (Å²) in [6.45, 7) is 4.70. The second-order valence-electron chi connectivity index (χ2n) is 7.53. The molecule has 28 heavy (non-hydrogen) atoms. The second kappa shape index (κ2) is 6.24. The Morgan fingerprint density at radius 1 is 1.11 bits per heavy atom. The molecule has 0 radical (unpaired) electrons. The first-order valence-electron chi connectivity index (χ1n) is 9.41. The van der Waals surface area contributed by atoms with Crippen molar-refractivity contribution < 1.29 is 8.42 Å². The number of aromatic nitrogens is 6. The fraction of sp³-hybridized carbons (Fsp3) is 0.529. The van der Waals surface area contributed by atoms with E-state index < -0.39 is 10.0 Å². The van der Waals surface area contributed by atoms with Crippen molar-refractivity contribution in [3.63, 3.8) is 0 Å². The van der Waals surface area contributed by atoms with Crippen molar-refractivity contribution in [3.8, 4) is 0 Å². The Morgan fingerprint density at radius 3 is 2.50 bits per heavy atom. The zero-order valence-corrected chi connectivity index (χ0v) is 16.6. The van der Waals surface area contributed by atoms with Crippen LogP contribution < -0.4 is 4.90 Å². The van der Waals surface area contributed by atoms with Crippen LogP contribution in [-0.2, 0) is 23.5 Å². The summed E-state index contributed by atoms with van der Waals surface area (Å²) in [5, 5.41) is 17.0. The summed E-state index contributed by atoms with van der Waals surface area (Å²) in [6, 6.07) is 3.90. The van der Waals surface area contributed by atoms with Crippen LogP contribution in [0.1, 0.15) is 12.7 Å². The molecule has 2 aliphatic rings. The van der Waals surface area contributed by atoms with E-state index in [1.165, 1.54) is 10.9 Å². The standard InChI is InChI=1S/C17H22N8O2S/c1-3-15-19-20-16-4-5-17(21-25(15)16)23-7-12-9-24(10-13(12)8-23)28(26,27)14-6-18-22(2)11-14/h4-6,11-13H,3,7-10H2,1-2H3. The lowest BCUT2D eigenvalue weighted by molar-refractivity contribution is 0.453. The fourth-order valence-corrected chi connectivity index (χ4v) is 5.77.